The van der Waals surface area contributed by atoms with Crippen LogP contribution in [0.3, 0.4) is 0 Å². The van der Waals surface area contributed by atoms with Gasteiger partial charge >= 0.3 is 0 Å². The van der Waals surface area contributed by atoms with Gasteiger partial charge in [0.1, 0.15) is 0 Å². The fourth-order valence-electron chi connectivity index (χ4n) is 1.71. The summed E-state index contributed by atoms with van der Waals surface area (Å²) in [5.74, 6) is 0.134. The average Bonchev–Trinajstić information content (AvgIpc) is 2.35. The van der Waals surface area contributed by atoms with Gasteiger partial charge < -0.3 is 10.1 Å². The first-order chi connectivity index (χ1) is 8.22. The molecule has 17 heavy (non-hydrogen) atoms. The number of hydrogen-bond donors (Lipinski definition) is 1. The maximum absolute atomic E-state index is 13.8. The number of ether oxygens (including phenoxy) is 1. The molecule has 96 valence electrons. The van der Waals surface area contributed by atoms with Crippen molar-refractivity contribution in [2.75, 3.05) is 6.54 Å². The first-order valence-electron chi connectivity index (χ1n) is 6.37. The van der Waals surface area contributed by atoms with Crippen molar-refractivity contribution < 1.29 is 9.13 Å². The van der Waals surface area contributed by atoms with Crippen LogP contribution < -0.4 is 10.1 Å². The van der Waals surface area contributed by atoms with Gasteiger partial charge in [0.15, 0.2) is 11.6 Å². The molecule has 0 atom stereocenters. The van der Waals surface area contributed by atoms with Gasteiger partial charge in [-0.05, 0) is 25.5 Å². The lowest BCUT2D eigenvalue weighted by molar-refractivity contribution is 0.182. The van der Waals surface area contributed by atoms with Crippen LogP contribution >= 0.6 is 0 Å². The highest BCUT2D eigenvalue weighted by Crippen LogP contribution is 2.25. The zero-order chi connectivity index (χ0) is 12.7. The largest absolute Gasteiger partial charge is 0.487 e. The Morgan fingerprint density at radius 2 is 1.94 bits per heavy atom. The summed E-state index contributed by atoms with van der Waals surface area (Å²) in [6.07, 6.45) is 1.88. The summed E-state index contributed by atoms with van der Waals surface area (Å²) in [5, 5.41) is 3.19. The summed E-state index contributed by atoms with van der Waals surface area (Å²) in [4.78, 5) is 0. The van der Waals surface area contributed by atoms with Crippen LogP contribution in [0.5, 0.6) is 5.75 Å². The van der Waals surface area contributed by atoms with Gasteiger partial charge in [0, 0.05) is 12.1 Å². The number of nitrogens with one attached hydrogen (secondary N) is 1. The van der Waals surface area contributed by atoms with Crippen molar-refractivity contribution in [2.24, 2.45) is 0 Å². The highest BCUT2D eigenvalue weighted by molar-refractivity contribution is 5.35. The topological polar surface area (TPSA) is 21.3 Å². The SMILES string of the molecule is CCNCc1cccc(F)c1OC(CC)CC. The van der Waals surface area contributed by atoms with Gasteiger partial charge in [-0.3, -0.25) is 0 Å². The summed E-state index contributed by atoms with van der Waals surface area (Å²) in [6.45, 7) is 7.64. The molecule has 0 fully saturated rings. The summed E-state index contributed by atoms with van der Waals surface area (Å²) < 4.78 is 19.5. The molecular weight excluding hydrogens is 217 g/mol. The lowest BCUT2D eigenvalue weighted by atomic mass is 10.1. The normalized spacial score (nSPS) is 10.9. The molecule has 1 aromatic rings. The van der Waals surface area contributed by atoms with Crippen LogP contribution in [-0.4, -0.2) is 12.6 Å². The minimum atomic E-state index is -0.271. The van der Waals surface area contributed by atoms with Crippen molar-refractivity contribution >= 4 is 0 Å². The van der Waals surface area contributed by atoms with Crippen LogP contribution in [0.2, 0.25) is 0 Å². The van der Waals surface area contributed by atoms with Crippen molar-refractivity contribution in [1.29, 1.82) is 0 Å². The van der Waals surface area contributed by atoms with E-state index in [9.17, 15) is 4.39 Å². The molecule has 0 saturated heterocycles. The Kier molecular flexibility index (Phi) is 5.98. The van der Waals surface area contributed by atoms with Crippen LogP contribution in [0, 0.1) is 5.82 Å². The van der Waals surface area contributed by atoms with Gasteiger partial charge in [0.05, 0.1) is 6.10 Å². The Balaban J connectivity index is 2.86. The van der Waals surface area contributed by atoms with Crippen molar-refractivity contribution in [3.8, 4) is 5.75 Å². The Bertz CT molecular complexity index is 337. The van der Waals surface area contributed by atoms with E-state index in [0.717, 1.165) is 24.9 Å². The quantitative estimate of drug-likeness (QED) is 0.786. The molecule has 0 aliphatic rings. The zero-order valence-electron chi connectivity index (χ0n) is 10.9. The molecule has 0 spiro atoms. The number of halogens is 1. The molecule has 1 rings (SSSR count). The van der Waals surface area contributed by atoms with Crippen molar-refractivity contribution in [3.05, 3.63) is 29.6 Å². The van der Waals surface area contributed by atoms with Gasteiger partial charge in [-0.2, -0.15) is 0 Å². The van der Waals surface area contributed by atoms with E-state index in [1.807, 2.05) is 13.0 Å². The Morgan fingerprint density at radius 1 is 1.24 bits per heavy atom. The van der Waals surface area contributed by atoms with Gasteiger partial charge in [-0.25, -0.2) is 4.39 Å². The second kappa shape index (κ2) is 7.28. The molecule has 0 unspecified atom stereocenters. The molecule has 0 aromatic heterocycles. The predicted octanol–water partition coefficient (Wildman–Crippen LogP) is 3.50. The van der Waals surface area contributed by atoms with Crippen LogP contribution in [-0.2, 0) is 6.54 Å². The van der Waals surface area contributed by atoms with E-state index >= 15 is 0 Å². The second-order valence-corrected chi connectivity index (χ2v) is 4.06. The van der Waals surface area contributed by atoms with Gasteiger partial charge in [0.2, 0.25) is 0 Å². The van der Waals surface area contributed by atoms with Crippen LogP contribution in [0.1, 0.15) is 39.2 Å². The molecular formula is C14H22FNO. The van der Waals surface area contributed by atoms with Gasteiger partial charge in [-0.15, -0.1) is 0 Å². The van der Waals surface area contributed by atoms with Crippen molar-refractivity contribution in [1.82, 2.24) is 5.32 Å². The number of rotatable bonds is 7. The molecule has 0 heterocycles. The minimum Gasteiger partial charge on any atom is -0.487 e. The third kappa shape index (κ3) is 4.00. The van der Waals surface area contributed by atoms with Crippen LogP contribution in [0.4, 0.5) is 4.39 Å². The van der Waals surface area contributed by atoms with Gasteiger partial charge in [-0.1, -0.05) is 32.9 Å². The minimum absolute atomic E-state index is 0.0901. The lowest BCUT2D eigenvalue weighted by Gasteiger charge is -2.19. The standard InChI is InChI=1S/C14H22FNO/c1-4-12(5-2)17-14-11(10-16-6-3)8-7-9-13(14)15/h7-9,12,16H,4-6,10H2,1-3H3. The summed E-state index contributed by atoms with van der Waals surface area (Å²) in [6, 6.07) is 5.08. The predicted molar refractivity (Wildman–Crippen MR) is 68.8 cm³/mol. The maximum Gasteiger partial charge on any atom is 0.165 e. The highest BCUT2D eigenvalue weighted by atomic mass is 19.1. The van der Waals surface area contributed by atoms with Crippen LogP contribution in [0.25, 0.3) is 0 Å². The molecule has 0 amide bonds. The first kappa shape index (κ1) is 14.0. The van der Waals surface area contributed by atoms with E-state index in [-0.39, 0.29) is 11.9 Å². The highest BCUT2D eigenvalue weighted by Gasteiger charge is 2.13. The molecule has 0 aliphatic heterocycles. The Labute approximate surface area is 103 Å². The average molecular weight is 239 g/mol. The van der Waals surface area contributed by atoms with E-state index in [1.165, 1.54) is 6.07 Å². The number of para-hydroxylation sites is 1. The third-order valence-electron chi connectivity index (χ3n) is 2.81. The molecule has 0 bridgehead atoms. The van der Waals surface area contributed by atoms with E-state index in [1.54, 1.807) is 6.07 Å². The fourth-order valence-corrected chi connectivity index (χ4v) is 1.71. The monoisotopic (exact) mass is 239 g/mol. The second-order valence-electron chi connectivity index (χ2n) is 4.06. The van der Waals surface area contributed by atoms with E-state index in [4.69, 9.17) is 4.74 Å². The molecule has 0 saturated carbocycles. The summed E-state index contributed by atoms with van der Waals surface area (Å²) >= 11 is 0. The van der Waals surface area contributed by atoms with E-state index in [0.29, 0.717) is 12.3 Å². The van der Waals surface area contributed by atoms with E-state index < -0.39 is 0 Å². The first-order valence-corrected chi connectivity index (χ1v) is 6.37. The molecule has 2 nitrogen and oxygen atoms in total. The summed E-state index contributed by atoms with van der Waals surface area (Å²) in [5.41, 5.74) is 0.888. The van der Waals surface area contributed by atoms with Crippen molar-refractivity contribution in [3.63, 3.8) is 0 Å². The lowest BCUT2D eigenvalue weighted by Crippen LogP contribution is -2.18. The molecule has 0 radical (unpaired) electrons. The zero-order valence-corrected chi connectivity index (χ0v) is 10.9. The smallest absolute Gasteiger partial charge is 0.165 e. The third-order valence-corrected chi connectivity index (χ3v) is 2.81. The Hall–Kier alpha value is -1.09. The van der Waals surface area contributed by atoms with Crippen LogP contribution in [0.15, 0.2) is 18.2 Å². The maximum atomic E-state index is 13.8. The van der Waals surface area contributed by atoms with Crippen molar-refractivity contribution in [2.45, 2.75) is 46.3 Å². The number of benzene rings is 1. The molecule has 0 aliphatic carbocycles. The number of hydrogen-bond acceptors (Lipinski definition) is 2. The van der Waals surface area contributed by atoms with Gasteiger partial charge in [0.25, 0.3) is 0 Å². The molecule has 1 N–H and O–H groups in total. The Morgan fingerprint density at radius 3 is 2.53 bits per heavy atom. The molecule has 1 aromatic carbocycles. The van der Waals surface area contributed by atoms with E-state index in [2.05, 4.69) is 19.2 Å². The summed E-state index contributed by atoms with van der Waals surface area (Å²) in [7, 11) is 0. The fraction of sp³-hybridized carbons (Fsp3) is 0.571. The molecule has 3 heteroatoms.